The molecule has 0 bridgehead atoms. The van der Waals surface area contributed by atoms with Crippen LogP contribution in [0.5, 0.6) is 11.6 Å². The maximum atomic E-state index is 15.0. The van der Waals surface area contributed by atoms with Crippen LogP contribution in [0, 0.1) is 12.7 Å². The molecule has 2 aromatic heterocycles. The number of hydrogen-bond acceptors (Lipinski definition) is 6. The predicted molar refractivity (Wildman–Crippen MR) is 144 cm³/mol. The molecule has 4 N–H and O–H groups in total. The van der Waals surface area contributed by atoms with Crippen molar-refractivity contribution in [3.8, 4) is 33.9 Å². The van der Waals surface area contributed by atoms with Gasteiger partial charge in [0.2, 0.25) is 5.88 Å². The number of nitrogens with zero attached hydrogens (tertiary/aromatic N) is 2. The van der Waals surface area contributed by atoms with Gasteiger partial charge in [0.15, 0.2) is 5.82 Å². The second-order valence-corrected chi connectivity index (χ2v) is 8.59. The van der Waals surface area contributed by atoms with Crippen LogP contribution in [0.1, 0.15) is 5.69 Å². The number of nitrogen functional groups attached to an aromatic ring is 1. The van der Waals surface area contributed by atoms with E-state index in [1.54, 1.807) is 12.1 Å². The number of aromatic amines is 1. The summed E-state index contributed by atoms with van der Waals surface area (Å²) in [4.78, 5) is 15.2. The highest BCUT2D eigenvalue weighted by atomic mass is 19.1. The number of rotatable bonds is 8. The Kier molecular flexibility index (Phi) is 6.38. The molecule has 0 unspecified atom stereocenters. The van der Waals surface area contributed by atoms with Crippen LogP contribution in [0.15, 0.2) is 84.9 Å². The molecular weight excluding hydrogens is 469 g/mol. The number of ether oxygens (including phenoxy) is 1. The average molecular weight is 494 g/mol. The molecule has 0 aliphatic heterocycles. The summed E-state index contributed by atoms with van der Waals surface area (Å²) in [5.74, 6) is 1.05. The Balaban J connectivity index is 1.54. The third-order valence-electron chi connectivity index (χ3n) is 5.94. The van der Waals surface area contributed by atoms with E-state index in [9.17, 15) is 9.18 Å². The van der Waals surface area contributed by atoms with Crippen molar-refractivity contribution in [1.29, 1.82) is 0 Å². The summed E-state index contributed by atoms with van der Waals surface area (Å²) in [6, 6.07) is 21.8. The number of H-pyrrole nitrogens is 1. The molecule has 8 heteroatoms. The smallest absolute Gasteiger partial charge is 0.219 e. The van der Waals surface area contributed by atoms with Gasteiger partial charge in [-0.25, -0.2) is 9.37 Å². The molecule has 7 nitrogen and oxygen atoms in total. The number of anilines is 2. The van der Waals surface area contributed by atoms with E-state index >= 15 is 0 Å². The summed E-state index contributed by atoms with van der Waals surface area (Å²) in [5.41, 5.74) is 11.6. The normalized spacial score (nSPS) is 10.9. The number of carbonyl (C=O) groups is 1. The molecule has 0 aliphatic rings. The van der Waals surface area contributed by atoms with E-state index in [0.717, 1.165) is 33.3 Å². The minimum Gasteiger partial charge on any atom is -0.439 e. The number of aldehydes is 1. The summed E-state index contributed by atoms with van der Waals surface area (Å²) < 4.78 is 20.9. The van der Waals surface area contributed by atoms with E-state index in [0.29, 0.717) is 34.9 Å². The molecule has 0 saturated carbocycles. The van der Waals surface area contributed by atoms with E-state index in [4.69, 9.17) is 10.5 Å². The predicted octanol–water partition coefficient (Wildman–Crippen LogP) is 6.28. The number of aryl methyl sites for hydroxylation is 1. The standard InChI is InChI=1S/C29H24FN5O2/c1-17(16-36)15-32-24-12-8-20(14-23(24)30)22-11-13-25-28(29(31)35-34-25)27(22)19-6-9-21(10-7-19)37-26-5-3-4-18(2)33-26/h3-14,16,32H,1,15H2,2H3,(H3,31,34,35). The zero-order chi connectivity index (χ0) is 25.9. The quantitative estimate of drug-likeness (QED) is 0.173. The SMILES string of the molecule is C=C(C=O)CNc1ccc(-c2ccc3[nH]nc(N)c3c2-c2ccc(Oc3cccc(C)n3)cc2)cc1F. The molecule has 5 aromatic rings. The molecule has 5 rings (SSSR count). The topological polar surface area (TPSA) is 106 Å². The van der Waals surface area contributed by atoms with Crippen LogP contribution in [0.25, 0.3) is 33.2 Å². The van der Waals surface area contributed by atoms with Crippen LogP contribution >= 0.6 is 0 Å². The molecule has 2 heterocycles. The molecule has 0 spiro atoms. The van der Waals surface area contributed by atoms with Gasteiger partial charge in [0.05, 0.1) is 16.6 Å². The van der Waals surface area contributed by atoms with Gasteiger partial charge in [0.1, 0.15) is 17.9 Å². The fraction of sp³-hybridized carbons (Fsp3) is 0.0690. The van der Waals surface area contributed by atoms with E-state index in [2.05, 4.69) is 27.1 Å². The lowest BCUT2D eigenvalue weighted by Gasteiger charge is -2.15. The minimum absolute atomic E-state index is 0.162. The maximum absolute atomic E-state index is 15.0. The molecule has 0 amide bonds. The number of aromatic nitrogens is 3. The highest BCUT2D eigenvalue weighted by molar-refractivity contribution is 6.07. The maximum Gasteiger partial charge on any atom is 0.219 e. The zero-order valence-corrected chi connectivity index (χ0v) is 20.1. The van der Waals surface area contributed by atoms with Crippen LogP contribution in [0.4, 0.5) is 15.9 Å². The molecular formula is C29H24FN5O2. The summed E-state index contributed by atoms with van der Waals surface area (Å²) in [6.45, 7) is 5.67. The molecule has 0 fully saturated rings. The van der Waals surface area contributed by atoms with Crippen LogP contribution in [0.2, 0.25) is 0 Å². The molecule has 0 saturated heterocycles. The average Bonchev–Trinajstić information content (AvgIpc) is 3.28. The first kappa shape index (κ1) is 23.7. The zero-order valence-electron chi connectivity index (χ0n) is 20.1. The fourth-order valence-electron chi connectivity index (χ4n) is 4.14. The molecule has 0 radical (unpaired) electrons. The largest absolute Gasteiger partial charge is 0.439 e. The third-order valence-corrected chi connectivity index (χ3v) is 5.94. The van der Waals surface area contributed by atoms with E-state index < -0.39 is 5.82 Å². The lowest BCUT2D eigenvalue weighted by Crippen LogP contribution is -2.06. The lowest BCUT2D eigenvalue weighted by atomic mass is 9.91. The summed E-state index contributed by atoms with van der Waals surface area (Å²) >= 11 is 0. The Morgan fingerprint density at radius 1 is 1.11 bits per heavy atom. The van der Waals surface area contributed by atoms with E-state index in [-0.39, 0.29) is 12.2 Å². The molecule has 0 atom stereocenters. The summed E-state index contributed by atoms with van der Waals surface area (Å²) in [6.07, 6.45) is 0.643. The van der Waals surface area contributed by atoms with Gasteiger partial charge in [-0.2, -0.15) is 5.10 Å². The second-order valence-electron chi connectivity index (χ2n) is 8.59. The van der Waals surface area contributed by atoms with E-state index in [1.807, 2.05) is 61.5 Å². The molecule has 0 aliphatic carbocycles. The molecule has 3 aromatic carbocycles. The minimum atomic E-state index is -0.447. The summed E-state index contributed by atoms with van der Waals surface area (Å²) in [5, 5.41) is 10.8. The molecule has 37 heavy (non-hydrogen) atoms. The number of carbonyl (C=O) groups excluding carboxylic acids is 1. The first-order chi connectivity index (χ1) is 17.9. The van der Waals surface area contributed by atoms with Gasteiger partial charge >= 0.3 is 0 Å². The Bertz CT molecular complexity index is 1630. The first-order valence-electron chi connectivity index (χ1n) is 11.6. The number of nitrogens with one attached hydrogen (secondary N) is 2. The number of benzene rings is 3. The summed E-state index contributed by atoms with van der Waals surface area (Å²) in [7, 11) is 0. The van der Waals surface area contributed by atoms with Crippen LogP contribution < -0.4 is 15.8 Å². The Hall–Kier alpha value is -4.98. The Labute approximate surface area is 212 Å². The van der Waals surface area contributed by atoms with Crippen molar-refractivity contribution in [2.45, 2.75) is 6.92 Å². The molecule has 184 valence electrons. The highest BCUT2D eigenvalue weighted by Crippen LogP contribution is 2.41. The van der Waals surface area contributed by atoms with Crippen molar-refractivity contribution in [3.63, 3.8) is 0 Å². The van der Waals surface area contributed by atoms with Gasteiger partial charge in [0, 0.05) is 29.4 Å². The second kappa shape index (κ2) is 9.94. The first-order valence-corrected chi connectivity index (χ1v) is 11.6. The highest BCUT2D eigenvalue weighted by Gasteiger charge is 2.17. The Morgan fingerprint density at radius 2 is 1.89 bits per heavy atom. The monoisotopic (exact) mass is 493 g/mol. The van der Waals surface area contributed by atoms with Crippen molar-refractivity contribution in [2.24, 2.45) is 0 Å². The van der Waals surface area contributed by atoms with Crippen LogP contribution in [-0.2, 0) is 4.79 Å². The van der Waals surface area contributed by atoms with Crippen molar-refractivity contribution in [1.82, 2.24) is 15.2 Å². The lowest BCUT2D eigenvalue weighted by molar-refractivity contribution is -0.104. The number of fused-ring (bicyclic) bond motifs is 1. The van der Waals surface area contributed by atoms with Crippen molar-refractivity contribution >= 4 is 28.7 Å². The van der Waals surface area contributed by atoms with Gasteiger partial charge in [-0.15, -0.1) is 0 Å². The van der Waals surface area contributed by atoms with Gasteiger partial charge in [-0.3, -0.25) is 9.89 Å². The number of hydrogen-bond donors (Lipinski definition) is 3. The Morgan fingerprint density at radius 3 is 2.62 bits per heavy atom. The van der Waals surface area contributed by atoms with Gasteiger partial charge < -0.3 is 15.8 Å². The number of nitrogens with two attached hydrogens (primary N) is 1. The van der Waals surface area contributed by atoms with E-state index in [1.165, 1.54) is 6.07 Å². The third kappa shape index (κ3) is 4.90. The fourth-order valence-corrected chi connectivity index (χ4v) is 4.14. The number of pyridine rings is 1. The van der Waals surface area contributed by atoms with Crippen molar-refractivity contribution in [3.05, 3.63) is 96.5 Å². The van der Waals surface area contributed by atoms with Crippen molar-refractivity contribution < 1.29 is 13.9 Å². The van der Waals surface area contributed by atoms with Crippen LogP contribution in [0.3, 0.4) is 0 Å². The van der Waals surface area contributed by atoms with Gasteiger partial charge in [0.25, 0.3) is 0 Å². The van der Waals surface area contributed by atoms with Gasteiger partial charge in [-0.1, -0.05) is 36.9 Å². The number of halogens is 1. The van der Waals surface area contributed by atoms with Crippen molar-refractivity contribution in [2.75, 3.05) is 17.6 Å². The van der Waals surface area contributed by atoms with Crippen LogP contribution in [-0.4, -0.2) is 28.0 Å². The van der Waals surface area contributed by atoms with Gasteiger partial charge in [-0.05, 0) is 60.0 Å².